The molecule has 0 saturated carbocycles. The summed E-state index contributed by atoms with van der Waals surface area (Å²) in [5.74, 6) is -0.156. The van der Waals surface area contributed by atoms with Crippen LogP contribution in [0.5, 0.6) is 0 Å². The van der Waals surface area contributed by atoms with E-state index in [1.54, 1.807) is 12.1 Å². The van der Waals surface area contributed by atoms with Gasteiger partial charge >= 0.3 is 0 Å². The van der Waals surface area contributed by atoms with Gasteiger partial charge in [-0.15, -0.1) is 0 Å². The van der Waals surface area contributed by atoms with Crippen LogP contribution in [0.25, 0.3) is 0 Å². The van der Waals surface area contributed by atoms with Gasteiger partial charge in [-0.2, -0.15) is 0 Å². The highest BCUT2D eigenvalue weighted by Crippen LogP contribution is 2.21. The number of halogens is 2. The highest BCUT2D eigenvalue weighted by molar-refractivity contribution is 9.11. The van der Waals surface area contributed by atoms with E-state index in [0.717, 1.165) is 20.2 Å². The maximum absolute atomic E-state index is 12.1. The van der Waals surface area contributed by atoms with Crippen molar-refractivity contribution in [3.05, 3.63) is 62.5 Å². The number of nitrogens with one attached hydrogen (secondary N) is 1. The fourth-order valence-corrected chi connectivity index (χ4v) is 2.96. The largest absolute Gasteiger partial charge is 0.326 e. The smallest absolute Gasteiger partial charge is 0.255 e. The number of carbonyl (C=O) groups is 1. The first-order valence-corrected chi connectivity index (χ1v) is 7.23. The Balaban J connectivity index is 2.20. The lowest BCUT2D eigenvalue weighted by molar-refractivity contribution is 0.102. The molecular formula is C14H12Br2N2O. The van der Waals surface area contributed by atoms with Crippen molar-refractivity contribution >= 4 is 43.5 Å². The molecular weight excluding hydrogens is 372 g/mol. The molecule has 5 heteroatoms. The van der Waals surface area contributed by atoms with Crippen LogP contribution < -0.4 is 11.1 Å². The molecule has 0 heterocycles. The summed E-state index contributed by atoms with van der Waals surface area (Å²) in [6.07, 6.45) is 0. The van der Waals surface area contributed by atoms with Crippen molar-refractivity contribution in [2.45, 2.75) is 6.54 Å². The number of hydrogen-bond acceptors (Lipinski definition) is 2. The van der Waals surface area contributed by atoms with Gasteiger partial charge in [0.1, 0.15) is 0 Å². The first-order chi connectivity index (χ1) is 9.08. The molecule has 3 N–H and O–H groups in total. The van der Waals surface area contributed by atoms with E-state index >= 15 is 0 Å². The summed E-state index contributed by atoms with van der Waals surface area (Å²) in [6.45, 7) is 0.451. The summed E-state index contributed by atoms with van der Waals surface area (Å²) in [5.41, 5.74) is 7.88. The van der Waals surface area contributed by atoms with Crippen LogP contribution in [0.4, 0.5) is 5.69 Å². The Bertz CT molecular complexity index is 594. The molecule has 0 atom stereocenters. The highest BCUT2D eigenvalue weighted by atomic mass is 79.9. The van der Waals surface area contributed by atoms with E-state index in [1.165, 1.54) is 0 Å². The molecule has 0 fully saturated rings. The molecule has 2 aromatic carbocycles. The minimum Gasteiger partial charge on any atom is -0.326 e. The fraction of sp³-hybridized carbons (Fsp3) is 0.0714. The first-order valence-electron chi connectivity index (χ1n) is 5.65. The number of anilines is 1. The summed E-state index contributed by atoms with van der Waals surface area (Å²) < 4.78 is 1.70. The van der Waals surface area contributed by atoms with Crippen LogP contribution in [0, 0.1) is 0 Å². The molecule has 0 aliphatic heterocycles. The normalized spacial score (nSPS) is 10.3. The van der Waals surface area contributed by atoms with Gasteiger partial charge in [-0.05, 0) is 35.9 Å². The van der Waals surface area contributed by atoms with Crippen molar-refractivity contribution < 1.29 is 4.79 Å². The Labute approximate surface area is 128 Å². The van der Waals surface area contributed by atoms with E-state index in [4.69, 9.17) is 5.73 Å². The Morgan fingerprint density at radius 3 is 2.42 bits per heavy atom. The second kappa shape index (κ2) is 6.32. The van der Waals surface area contributed by atoms with Crippen LogP contribution in [-0.4, -0.2) is 5.91 Å². The third-order valence-corrected chi connectivity index (χ3v) is 3.46. The molecule has 0 aliphatic carbocycles. The van der Waals surface area contributed by atoms with Gasteiger partial charge in [0.25, 0.3) is 5.91 Å². The van der Waals surface area contributed by atoms with Gasteiger partial charge in [-0.25, -0.2) is 0 Å². The number of rotatable bonds is 3. The second-order valence-electron chi connectivity index (χ2n) is 4.02. The van der Waals surface area contributed by atoms with Gasteiger partial charge in [0.2, 0.25) is 0 Å². The van der Waals surface area contributed by atoms with Crippen LogP contribution in [0.1, 0.15) is 15.9 Å². The van der Waals surface area contributed by atoms with Crippen LogP contribution in [0.3, 0.4) is 0 Å². The molecule has 2 rings (SSSR count). The third kappa shape index (κ3) is 3.89. The minimum atomic E-state index is -0.156. The van der Waals surface area contributed by atoms with E-state index < -0.39 is 0 Å². The van der Waals surface area contributed by atoms with Crippen molar-refractivity contribution in [3.8, 4) is 0 Å². The van der Waals surface area contributed by atoms with Crippen molar-refractivity contribution in [1.29, 1.82) is 0 Å². The maximum atomic E-state index is 12.1. The molecule has 0 saturated heterocycles. The quantitative estimate of drug-likeness (QED) is 0.843. The average molecular weight is 384 g/mol. The number of benzene rings is 2. The molecule has 98 valence electrons. The zero-order valence-corrected chi connectivity index (χ0v) is 13.2. The van der Waals surface area contributed by atoms with Crippen molar-refractivity contribution in [2.24, 2.45) is 5.73 Å². The van der Waals surface area contributed by atoms with Crippen LogP contribution in [0.15, 0.2) is 51.4 Å². The lowest BCUT2D eigenvalue weighted by atomic mass is 10.2. The van der Waals surface area contributed by atoms with E-state index in [2.05, 4.69) is 37.2 Å². The molecule has 0 aromatic heterocycles. The first kappa shape index (κ1) is 14.2. The van der Waals surface area contributed by atoms with Crippen molar-refractivity contribution in [1.82, 2.24) is 0 Å². The number of carbonyl (C=O) groups excluding carboxylic acids is 1. The standard InChI is InChI=1S/C14H12Br2N2O/c15-11-5-10(6-12(16)7-11)14(19)18-13-3-1-2-9(4-13)8-17/h1-7H,8,17H2,(H,18,19). The average Bonchev–Trinajstić information content (AvgIpc) is 2.37. The topological polar surface area (TPSA) is 55.1 Å². The van der Waals surface area contributed by atoms with Crippen LogP contribution >= 0.6 is 31.9 Å². The minimum absolute atomic E-state index is 0.156. The fourth-order valence-electron chi connectivity index (χ4n) is 1.66. The van der Waals surface area contributed by atoms with Gasteiger partial charge in [-0.1, -0.05) is 44.0 Å². The zero-order valence-electron chi connectivity index (χ0n) is 9.99. The van der Waals surface area contributed by atoms with Crippen LogP contribution in [-0.2, 0) is 6.54 Å². The highest BCUT2D eigenvalue weighted by Gasteiger charge is 2.08. The van der Waals surface area contributed by atoms with Crippen LogP contribution in [0.2, 0.25) is 0 Å². The molecule has 3 nitrogen and oxygen atoms in total. The molecule has 0 aliphatic rings. The molecule has 0 spiro atoms. The van der Waals surface area contributed by atoms with E-state index in [9.17, 15) is 4.79 Å². The predicted molar refractivity (Wildman–Crippen MR) is 84.1 cm³/mol. The molecule has 0 unspecified atom stereocenters. The van der Waals surface area contributed by atoms with Crippen molar-refractivity contribution in [3.63, 3.8) is 0 Å². The lowest BCUT2D eigenvalue weighted by Crippen LogP contribution is -2.12. The third-order valence-electron chi connectivity index (χ3n) is 2.55. The summed E-state index contributed by atoms with van der Waals surface area (Å²) in [5, 5.41) is 2.85. The molecule has 19 heavy (non-hydrogen) atoms. The van der Waals surface area contributed by atoms with Crippen molar-refractivity contribution in [2.75, 3.05) is 5.32 Å². The number of nitrogens with two attached hydrogens (primary N) is 1. The zero-order chi connectivity index (χ0) is 13.8. The van der Waals surface area contributed by atoms with E-state index in [-0.39, 0.29) is 5.91 Å². The second-order valence-corrected chi connectivity index (χ2v) is 5.85. The Hall–Kier alpha value is -1.17. The van der Waals surface area contributed by atoms with Gasteiger partial charge in [0.05, 0.1) is 0 Å². The summed E-state index contributed by atoms with van der Waals surface area (Å²) in [7, 11) is 0. The predicted octanol–water partition coefficient (Wildman–Crippen LogP) is 3.92. The monoisotopic (exact) mass is 382 g/mol. The summed E-state index contributed by atoms with van der Waals surface area (Å²) in [6, 6.07) is 12.9. The van der Waals surface area contributed by atoms with Gasteiger partial charge < -0.3 is 11.1 Å². The Morgan fingerprint density at radius 1 is 1.11 bits per heavy atom. The van der Waals surface area contributed by atoms with Gasteiger partial charge in [0.15, 0.2) is 0 Å². The Morgan fingerprint density at radius 2 is 1.79 bits per heavy atom. The summed E-state index contributed by atoms with van der Waals surface area (Å²) in [4.78, 5) is 12.1. The number of amides is 1. The van der Waals surface area contributed by atoms with Gasteiger partial charge in [-0.3, -0.25) is 4.79 Å². The molecule has 2 aromatic rings. The number of hydrogen-bond donors (Lipinski definition) is 2. The Kier molecular flexibility index (Phi) is 4.74. The lowest BCUT2D eigenvalue weighted by Gasteiger charge is -2.07. The SMILES string of the molecule is NCc1cccc(NC(=O)c2cc(Br)cc(Br)c2)c1. The molecule has 0 bridgehead atoms. The van der Waals surface area contributed by atoms with E-state index in [0.29, 0.717) is 12.1 Å². The molecule has 0 radical (unpaired) electrons. The van der Waals surface area contributed by atoms with Gasteiger partial charge in [0, 0.05) is 26.7 Å². The van der Waals surface area contributed by atoms with E-state index in [1.807, 2.05) is 30.3 Å². The molecule has 1 amide bonds. The summed E-state index contributed by atoms with van der Waals surface area (Å²) >= 11 is 6.73. The maximum Gasteiger partial charge on any atom is 0.255 e.